The van der Waals surface area contributed by atoms with Gasteiger partial charge in [0.05, 0.1) is 5.56 Å². The number of nitrogens with one attached hydrogen (secondary N) is 1. The van der Waals surface area contributed by atoms with Gasteiger partial charge in [0.15, 0.2) is 0 Å². The van der Waals surface area contributed by atoms with E-state index in [4.69, 9.17) is 11.6 Å². The van der Waals surface area contributed by atoms with Crippen molar-refractivity contribution in [2.45, 2.75) is 6.92 Å². The highest BCUT2D eigenvalue weighted by atomic mass is 35.5. The molecule has 0 unspecified atom stereocenters. The summed E-state index contributed by atoms with van der Waals surface area (Å²) in [6, 6.07) is 1.70. The van der Waals surface area contributed by atoms with Crippen molar-refractivity contribution < 1.29 is 4.79 Å². The summed E-state index contributed by atoms with van der Waals surface area (Å²) < 4.78 is 0. The van der Waals surface area contributed by atoms with Gasteiger partial charge in [0, 0.05) is 13.2 Å². The fourth-order valence-corrected chi connectivity index (χ4v) is 1.06. The number of pyridine rings is 1. The Hall–Kier alpha value is -1.09. The SMILES string of the molecule is CNc1ncc(C)cc1C(=O)Cl. The molecule has 0 bridgehead atoms. The zero-order valence-electron chi connectivity index (χ0n) is 6.89. The van der Waals surface area contributed by atoms with Gasteiger partial charge in [-0.05, 0) is 30.2 Å². The number of halogens is 1. The largest absolute Gasteiger partial charge is 0.373 e. The molecule has 0 saturated carbocycles. The minimum absolute atomic E-state index is 0.416. The quantitative estimate of drug-likeness (QED) is 0.713. The van der Waals surface area contributed by atoms with E-state index in [0.717, 1.165) is 5.56 Å². The number of hydrogen-bond donors (Lipinski definition) is 1. The number of carbonyl (C=O) groups is 1. The summed E-state index contributed by atoms with van der Waals surface area (Å²) in [7, 11) is 1.70. The molecule has 0 amide bonds. The summed E-state index contributed by atoms with van der Waals surface area (Å²) in [5.41, 5.74) is 1.33. The molecule has 1 aromatic heterocycles. The van der Waals surface area contributed by atoms with Gasteiger partial charge in [-0.1, -0.05) is 0 Å². The van der Waals surface area contributed by atoms with E-state index < -0.39 is 5.24 Å². The van der Waals surface area contributed by atoms with E-state index in [1.54, 1.807) is 19.3 Å². The van der Waals surface area contributed by atoms with Crippen molar-refractivity contribution in [1.29, 1.82) is 0 Å². The number of aryl methyl sites for hydroxylation is 1. The molecule has 0 aliphatic heterocycles. The van der Waals surface area contributed by atoms with Crippen LogP contribution in [-0.4, -0.2) is 17.3 Å². The Morgan fingerprint density at radius 2 is 2.33 bits per heavy atom. The minimum Gasteiger partial charge on any atom is -0.373 e. The van der Waals surface area contributed by atoms with Crippen molar-refractivity contribution in [3.8, 4) is 0 Å². The Morgan fingerprint density at radius 1 is 1.67 bits per heavy atom. The summed E-state index contributed by atoms with van der Waals surface area (Å²) in [5.74, 6) is 0.514. The Kier molecular flexibility index (Phi) is 2.65. The van der Waals surface area contributed by atoms with Gasteiger partial charge in [-0.25, -0.2) is 4.98 Å². The highest BCUT2D eigenvalue weighted by molar-refractivity contribution is 6.68. The first-order chi connectivity index (χ1) is 5.65. The van der Waals surface area contributed by atoms with Crippen molar-refractivity contribution in [1.82, 2.24) is 4.98 Å². The van der Waals surface area contributed by atoms with Gasteiger partial charge < -0.3 is 5.32 Å². The van der Waals surface area contributed by atoms with Crippen molar-refractivity contribution in [3.05, 3.63) is 23.4 Å². The van der Waals surface area contributed by atoms with Crippen LogP contribution in [0.15, 0.2) is 12.3 Å². The molecule has 1 heterocycles. The van der Waals surface area contributed by atoms with E-state index in [0.29, 0.717) is 11.4 Å². The number of anilines is 1. The maximum absolute atomic E-state index is 10.9. The fourth-order valence-electron chi connectivity index (χ4n) is 0.918. The molecule has 1 rings (SSSR count). The number of nitrogens with zero attached hydrogens (tertiary/aromatic N) is 1. The molecule has 0 fully saturated rings. The molecule has 64 valence electrons. The average molecular weight is 185 g/mol. The Balaban J connectivity index is 3.21. The molecule has 0 atom stereocenters. The third kappa shape index (κ3) is 1.74. The van der Waals surface area contributed by atoms with Crippen LogP contribution in [0.25, 0.3) is 0 Å². The van der Waals surface area contributed by atoms with Gasteiger partial charge in [0.25, 0.3) is 5.24 Å². The Bertz CT molecular complexity index is 312. The molecule has 0 aliphatic carbocycles. The van der Waals surface area contributed by atoms with Gasteiger partial charge >= 0.3 is 0 Å². The molecule has 0 radical (unpaired) electrons. The monoisotopic (exact) mass is 184 g/mol. The van der Waals surface area contributed by atoms with Gasteiger partial charge in [0.2, 0.25) is 0 Å². The lowest BCUT2D eigenvalue weighted by Gasteiger charge is -2.03. The molecule has 0 spiro atoms. The smallest absolute Gasteiger partial charge is 0.256 e. The lowest BCUT2D eigenvalue weighted by atomic mass is 10.2. The van der Waals surface area contributed by atoms with Crippen LogP contribution in [0.5, 0.6) is 0 Å². The van der Waals surface area contributed by atoms with Crippen molar-refractivity contribution in [2.24, 2.45) is 0 Å². The summed E-state index contributed by atoms with van der Waals surface area (Å²) in [4.78, 5) is 14.9. The van der Waals surface area contributed by atoms with E-state index in [2.05, 4.69) is 10.3 Å². The van der Waals surface area contributed by atoms with Crippen molar-refractivity contribution >= 4 is 22.7 Å². The molecule has 12 heavy (non-hydrogen) atoms. The normalized spacial score (nSPS) is 9.58. The van der Waals surface area contributed by atoms with Crippen LogP contribution in [-0.2, 0) is 0 Å². The number of aromatic nitrogens is 1. The first-order valence-electron chi connectivity index (χ1n) is 3.49. The van der Waals surface area contributed by atoms with Crippen LogP contribution in [0.3, 0.4) is 0 Å². The van der Waals surface area contributed by atoms with Crippen molar-refractivity contribution in [2.75, 3.05) is 12.4 Å². The second-order valence-corrected chi connectivity index (χ2v) is 2.78. The van der Waals surface area contributed by atoms with Crippen molar-refractivity contribution in [3.63, 3.8) is 0 Å². The van der Waals surface area contributed by atoms with E-state index in [-0.39, 0.29) is 0 Å². The van der Waals surface area contributed by atoms with Crippen LogP contribution in [0.1, 0.15) is 15.9 Å². The van der Waals surface area contributed by atoms with Crippen LogP contribution in [0, 0.1) is 6.92 Å². The van der Waals surface area contributed by atoms with E-state index in [1.807, 2.05) is 6.92 Å². The lowest BCUT2D eigenvalue weighted by molar-refractivity contribution is 0.108. The second kappa shape index (κ2) is 3.54. The molecule has 3 nitrogen and oxygen atoms in total. The molecule has 0 saturated heterocycles. The summed E-state index contributed by atoms with van der Waals surface area (Å²) in [6.07, 6.45) is 1.68. The summed E-state index contributed by atoms with van der Waals surface area (Å²) in [6.45, 7) is 1.86. The lowest BCUT2D eigenvalue weighted by Crippen LogP contribution is -2.01. The zero-order valence-corrected chi connectivity index (χ0v) is 7.64. The molecule has 4 heteroatoms. The fraction of sp³-hybridized carbons (Fsp3) is 0.250. The van der Waals surface area contributed by atoms with Gasteiger partial charge in [-0.3, -0.25) is 4.79 Å². The Labute approximate surface area is 75.8 Å². The highest BCUT2D eigenvalue weighted by Crippen LogP contribution is 2.15. The number of hydrogen-bond acceptors (Lipinski definition) is 3. The topological polar surface area (TPSA) is 42.0 Å². The van der Waals surface area contributed by atoms with Crippen LogP contribution in [0.4, 0.5) is 5.82 Å². The highest BCUT2D eigenvalue weighted by Gasteiger charge is 2.08. The summed E-state index contributed by atoms with van der Waals surface area (Å²) >= 11 is 5.34. The predicted molar refractivity (Wildman–Crippen MR) is 48.7 cm³/mol. The van der Waals surface area contributed by atoms with E-state index in [1.165, 1.54) is 0 Å². The van der Waals surface area contributed by atoms with E-state index in [9.17, 15) is 4.79 Å². The molecular formula is C8H9ClN2O. The van der Waals surface area contributed by atoms with Gasteiger partial charge in [-0.15, -0.1) is 0 Å². The first kappa shape index (κ1) is 9.00. The maximum atomic E-state index is 10.9. The van der Waals surface area contributed by atoms with E-state index >= 15 is 0 Å². The van der Waals surface area contributed by atoms with Crippen LogP contribution in [0.2, 0.25) is 0 Å². The maximum Gasteiger partial charge on any atom is 0.256 e. The second-order valence-electron chi connectivity index (χ2n) is 2.43. The third-order valence-corrected chi connectivity index (χ3v) is 1.68. The molecule has 0 aliphatic rings. The molecule has 0 aromatic carbocycles. The minimum atomic E-state index is -0.490. The van der Waals surface area contributed by atoms with Crippen LogP contribution < -0.4 is 5.32 Å². The Morgan fingerprint density at radius 3 is 2.83 bits per heavy atom. The zero-order chi connectivity index (χ0) is 9.14. The first-order valence-corrected chi connectivity index (χ1v) is 3.87. The number of rotatable bonds is 2. The molecular weight excluding hydrogens is 176 g/mol. The van der Waals surface area contributed by atoms with Gasteiger partial charge in [-0.2, -0.15) is 0 Å². The molecule has 1 aromatic rings. The van der Waals surface area contributed by atoms with Crippen LogP contribution >= 0.6 is 11.6 Å². The van der Waals surface area contributed by atoms with Gasteiger partial charge in [0.1, 0.15) is 5.82 Å². The standard InChI is InChI=1S/C8H9ClN2O/c1-5-3-6(7(9)12)8(10-2)11-4-5/h3-4H,1-2H3,(H,10,11). The average Bonchev–Trinajstić information content (AvgIpc) is 2.04. The third-order valence-electron chi connectivity index (χ3n) is 1.47. The summed E-state index contributed by atoms with van der Waals surface area (Å²) in [5, 5.41) is 2.30. The number of carbonyl (C=O) groups excluding carboxylic acids is 1. The predicted octanol–water partition coefficient (Wildman–Crippen LogP) is 1.81. The molecule has 1 N–H and O–H groups in total.